The molecule has 23 heteroatoms. The quantitative estimate of drug-likeness (QED) is 0.0464. The van der Waals surface area contributed by atoms with Gasteiger partial charge in [-0.25, -0.2) is 0 Å². The summed E-state index contributed by atoms with van der Waals surface area (Å²) in [5.74, 6) is -3.03. The van der Waals surface area contributed by atoms with E-state index in [1.165, 1.54) is 24.3 Å². The number of amides is 8. The molecule has 8 N–H and O–H groups in total. The van der Waals surface area contributed by atoms with Gasteiger partial charge in [-0.2, -0.15) is 0 Å². The van der Waals surface area contributed by atoms with E-state index in [2.05, 4.69) is 42.5 Å². The second-order valence-corrected chi connectivity index (χ2v) is 17.4. The maximum atomic E-state index is 13.3. The molecule has 0 radical (unpaired) electrons. The molecule has 6 heterocycles. The van der Waals surface area contributed by atoms with Crippen LogP contribution in [0.25, 0.3) is 0 Å². The van der Waals surface area contributed by atoms with Crippen molar-refractivity contribution in [2.75, 3.05) is 66.9 Å². The second kappa shape index (κ2) is 23.1. The van der Waals surface area contributed by atoms with E-state index in [1.54, 1.807) is 125 Å². The zero-order valence-electron chi connectivity index (χ0n) is 41.1. The molecule has 71 heavy (non-hydrogen) atoms. The van der Waals surface area contributed by atoms with Crippen molar-refractivity contribution in [3.8, 4) is 0 Å². The molecule has 0 aliphatic heterocycles. The lowest BCUT2D eigenvalue weighted by Gasteiger charge is -2.10. The third kappa shape index (κ3) is 13.8. The van der Waals surface area contributed by atoms with Crippen LogP contribution in [0.1, 0.15) is 88.6 Å². The molecule has 0 bridgehead atoms. The number of aryl methyl sites for hydroxylation is 6. The van der Waals surface area contributed by atoms with Crippen LogP contribution in [0.2, 0.25) is 0 Å². The Kier molecular flexibility index (Phi) is 16.9. The highest BCUT2D eigenvalue weighted by Gasteiger charge is 2.21. The van der Waals surface area contributed by atoms with Crippen molar-refractivity contribution in [3.05, 3.63) is 114 Å². The summed E-state index contributed by atoms with van der Waals surface area (Å²) in [7, 11) is 14.0. The summed E-state index contributed by atoms with van der Waals surface area (Å²) in [4.78, 5) is 105. The van der Waals surface area contributed by atoms with E-state index in [9.17, 15) is 38.4 Å². The van der Waals surface area contributed by atoms with Gasteiger partial charge in [0.15, 0.2) is 0 Å². The van der Waals surface area contributed by atoms with Gasteiger partial charge in [0, 0.05) is 112 Å². The van der Waals surface area contributed by atoms with Gasteiger partial charge in [-0.15, -0.1) is 0 Å². The van der Waals surface area contributed by atoms with Gasteiger partial charge < -0.3 is 74.8 Å². The van der Waals surface area contributed by atoms with Gasteiger partial charge in [-0.05, 0) is 75.9 Å². The molecule has 376 valence electrons. The summed E-state index contributed by atoms with van der Waals surface area (Å²) in [5.41, 5.74) is 3.70. The highest BCUT2D eigenvalue weighted by molar-refractivity contribution is 6.09. The number of nitrogens with zero attached hydrogens (tertiary/aromatic N) is 7. The van der Waals surface area contributed by atoms with Crippen LogP contribution in [-0.2, 0) is 51.9 Å². The van der Waals surface area contributed by atoms with Crippen molar-refractivity contribution in [2.45, 2.75) is 25.7 Å². The van der Waals surface area contributed by atoms with Crippen LogP contribution >= 0.6 is 0 Å². The average molecular weight is 976 g/mol. The molecule has 0 saturated carbocycles. The highest BCUT2D eigenvalue weighted by atomic mass is 16.2. The van der Waals surface area contributed by atoms with Crippen molar-refractivity contribution < 1.29 is 38.4 Å². The molecular weight excluding hydrogens is 915 g/mol. The molecule has 6 aromatic rings. The standard InChI is InChI=1S/C48H61N15O8/c1-57(2)18-11-16-49-41(64)14-17-51-44(67)37-22-32(27-60(37)5)55-48(71)40-24-34(29-63(40)8)56-46(69)38-20-30(25-61(38)6)52-42(65)13-9-15-50-43(66)36-21-31(26-59(36)4)54-47(70)39-23-33(28-62(39)7)53-45(68)35-12-10-19-58(35)3/h10,12,19-29H,9,11,13-18H2,1-8H3,(H,49,64)(H,50,66)(H,51,67)(H,52,65)(H,53,68)(H,54,70)(H,55,71)(H,56,69). The van der Waals surface area contributed by atoms with E-state index in [0.29, 0.717) is 47.1 Å². The Labute approximate surface area is 409 Å². The molecule has 0 unspecified atom stereocenters. The van der Waals surface area contributed by atoms with Crippen LogP contribution in [0.15, 0.2) is 79.6 Å². The minimum Gasteiger partial charge on any atom is -0.356 e. The number of aromatic nitrogens is 6. The zero-order chi connectivity index (χ0) is 51.5. The third-order valence-electron chi connectivity index (χ3n) is 11.3. The Morgan fingerprint density at radius 1 is 0.408 bits per heavy atom. The normalized spacial score (nSPS) is 11.0. The molecule has 0 saturated heterocycles. The Bertz CT molecular complexity index is 2960. The number of hydrogen-bond acceptors (Lipinski definition) is 9. The van der Waals surface area contributed by atoms with Crippen LogP contribution in [-0.4, -0.2) is 120 Å². The highest BCUT2D eigenvalue weighted by Crippen LogP contribution is 2.21. The fraction of sp³-hybridized carbons (Fsp3) is 0.333. The summed E-state index contributed by atoms with van der Waals surface area (Å²) < 4.78 is 9.50. The van der Waals surface area contributed by atoms with Crippen molar-refractivity contribution in [1.82, 2.24) is 48.3 Å². The van der Waals surface area contributed by atoms with E-state index >= 15 is 0 Å². The first-order valence-electron chi connectivity index (χ1n) is 22.7. The summed E-state index contributed by atoms with van der Waals surface area (Å²) >= 11 is 0. The minimum absolute atomic E-state index is 0.0692. The van der Waals surface area contributed by atoms with Gasteiger partial charge >= 0.3 is 0 Å². The first kappa shape index (κ1) is 51.8. The number of rotatable bonds is 22. The van der Waals surface area contributed by atoms with E-state index in [1.807, 2.05) is 19.0 Å². The van der Waals surface area contributed by atoms with Crippen molar-refractivity contribution in [3.63, 3.8) is 0 Å². The van der Waals surface area contributed by atoms with Crippen molar-refractivity contribution in [1.29, 1.82) is 0 Å². The summed E-state index contributed by atoms with van der Waals surface area (Å²) in [5, 5.41) is 22.3. The SMILES string of the molecule is CN(C)CCCNC(=O)CCNC(=O)c1cc(NC(=O)c2cc(NC(=O)c3cc(NC(=O)CCCNC(=O)c4cc(NC(=O)c5cc(NC(=O)c6cccn6C)cn5C)cn4C)cn3C)cn2C)cn1C. The van der Waals surface area contributed by atoms with Crippen LogP contribution in [0.5, 0.6) is 0 Å². The minimum atomic E-state index is -0.490. The number of anilines is 5. The molecule has 0 aliphatic rings. The maximum absolute atomic E-state index is 13.3. The smallest absolute Gasteiger partial charge is 0.272 e. The number of carbonyl (C=O) groups excluding carboxylic acids is 8. The first-order valence-corrected chi connectivity index (χ1v) is 22.7. The molecule has 6 aromatic heterocycles. The van der Waals surface area contributed by atoms with Gasteiger partial charge in [0.25, 0.3) is 35.4 Å². The van der Waals surface area contributed by atoms with Crippen LogP contribution < -0.4 is 42.5 Å². The maximum Gasteiger partial charge on any atom is 0.272 e. The van der Waals surface area contributed by atoms with Crippen molar-refractivity contribution in [2.24, 2.45) is 42.3 Å². The molecule has 0 aliphatic carbocycles. The van der Waals surface area contributed by atoms with Gasteiger partial charge in [-0.3, -0.25) is 38.4 Å². The topological polar surface area (TPSA) is 266 Å². The lowest BCUT2D eigenvalue weighted by Crippen LogP contribution is -2.32. The predicted molar refractivity (Wildman–Crippen MR) is 268 cm³/mol. The molecule has 0 atom stereocenters. The Balaban J connectivity index is 0.916. The Morgan fingerprint density at radius 2 is 0.775 bits per heavy atom. The van der Waals surface area contributed by atoms with E-state index < -0.39 is 29.5 Å². The molecule has 0 fully saturated rings. The molecule has 8 amide bonds. The monoisotopic (exact) mass is 975 g/mol. The van der Waals surface area contributed by atoms with Crippen molar-refractivity contribution >= 4 is 75.7 Å². The van der Waals surface area contributed by atoms with Gasteiger partial charge in [0.2, 0.25) is 11.8 Å². The molecule has 0 spiro atoms. The molecule has 23 nitrogen and oxygen atoms in total. The van der Waals surface area contributed by atoms with Crippen LogP contribution in [0.3, 0.4) is 0 Å². The van der Waals surface area contributed by atoms with Gasteiger partial charge in [0.1, 0.15) is 34.2 Å². The predicted octanol–water partition coefficient (Wildman–Crippen LogP) is 3.06. The van der Waals surface area contributed by atoms with E-state index in [4.69, 9.17) is 0 Å². The largest absolute Gasteiger partial charge is 0.356 e. The fourth-order valence-electron chi connectivity index (χ4n) is 7.63. The Hall–Kier alpha value is -8.60. The number of hydrogen-bond donors (Lipinski definition) is 8. The van der Waals surface area contributed by atoms with Crippen LogP contribution in [0.4, 0.5) is 28.4 Å². The molecule has 0 aromatic carbocycles. The summed E-state index contributed by atoms with van der Waals surface area (Å²) in [6.07, 6.45) is 11.1. The lowest BCUT2D eigenvalue weighted by molar-refractivity contribution is -0.121. The average Bonchev–Trinajstić information content (AvgIpc) is 4.17. The molecular formula is C48H61N15O8. The van der Waals surface area contributed by atoms with E-state index in [0.717, 1.165) is 13.0 Å². The number of nitrogens with one attached hydrogen (secondary N) is 8. The molecule has 6 rings (SSSR count). The lowest BCUT2D eigenvalue weighted by atomic mass is 10.2. The summed E-state index contributed by atoms with van der Waals surface area (Å²) in [6, 6.07) is 11.1. The third-order valence-corrected chi connectivity index (χ3v) is 11.3. The second-order valence-electron chi connectivity index (χ2n) is 17.4. The Morgan fingerprint density at radius 3 is 1.17 bits per heavy atom. The number of carbonyl (C=O) groups is 8. The van der Waals surface area contributed by atoms with Gasteiger partial charge in [0.05, 0.1) is 28.4 Å². The van der Waals surface area contributed by atoms with Crippen LogP contribution in [0, 0.1) is 0 Å². The summed E-state index contributed by atoms with van der Waals surface area (Å²) in [6.45, 7) is 1.74. The van der Waals surface area contributed by atoms with Gasteiger partial charge in [-0.1, -0.05) is 0 Å². The zero-order valence-corrected chi connectivity index (χ0v) is 41.1. The van der Waals surface area contributed by atoms with E-state index in [-0.39, 0.29) is 72.1 Å². The first-order chi connectivity index (χ1) is 33.8. The fourth-order valence-corrected chi connectivity index (χ4v) is 7.63.